The first kappa shape index (κ1) is 8.55. The van der Waals surface area contributed by atoms with E-state index in [1.54, 1.807) is 0 Å². The van der Waals surface area contributed by atoms with E-state index in [9.17, 15) is 4.79 Å². The summed E-state index contributed by atoms with van der Waals surface area (Å²) in [4.78, 5) is 11.7. The molecular weight excluding hydrogens is 164 g/mol. The van der Waals surface area contributed by atoms with E-state index in [-0.39, 0.29) is 17.9 Å². The SMILES string of the molecule is N#CCNC(=O)C12CCC(CC1)C2. The Bertz CT molecular complexity index is 259. The molecule has 2 fully saturated rings. The lowest BCUT2D eigenvalue weighted by atomic mass is 9.83. The molecule has 3 nitrogen and oxygen atoms in total. The van der Waals surface area contributed by atoms with Gasteiger partial charge in [-0.25, -0.2) is 0 Å². The molecule has 2 aliphatic rings. The molecule has 0 radical (unpaired) electrons. The van der Waals surface area contributed by atoms with Gasteiger partial charge >= 0.3 is 0 Å². The van der Waals surface area contributed by atoms with Crippen molar-refractivity contribution in [2.45, 2.75) is 32.1 Å². The number of nitrogens with one attached hydrogen (secondary N) is 1. The molecule has 2 saturated carbocycles. The minimum Gasteiger partial charge on any atom is -0.343 e. The van der Waals surface area contributed by atoms with Crippen LogP contribution >= 0.6 is 0 Å². The maximum Gasteiger partial charge on any atom is 0.227 e. The summed E-state index contributed by atoms with van der Waals surface area (Å²) in [6, 6.07) is 1.95. The van der Waals surface area contributed by atoms with Crippen LogP contribution in [0.5, 0.6) is 0 Å². The Balaban J connectivity index is 1.99. The number of nitrogens with zero attached hydrogens (tertiary/aromatic N) is 1. The van der Waals surface area contributed by atoms with Crippen molar-refractivity contribution in [3.8, 4) is 6.07 Å². The molecule has 0 unspecified atom stereocenters. The van der Waals surface area contributed by atoms with Gasteiger partial charge in [-0.3, -0.25) is 4.79 Å². The van der Waals surface area contributed by atoms with Gasteiger partial charge in [0, 0.05) is 5.41 Å². The summed E-state index contributed by atoms with van der Waals surface area (Å²) in [5.41, 5.74) is -0.0818. The van der Waals surface area contributed by atoms with Crippen molar-refractivity contribution < 1.29 is 4.79 Å². The predicted molar refractivity (Wildman–Crippen MR) is 47.6 cm³/mol. The van der Waals surface area contributed by atoms with Crippen LogP contribution in [0.4, 0.5) is 0 Å². The zero-order valence-corrected chi connectivity index (χ0v) is 7.68. The highest BCUT2D eigenvalue weighted by molar-refractivity contribution is 5.83. The van der Waals surface area contributed by atoms with E-state index in [1.807, 2.05) is 6.07 Å². The first-order valence-electron chi connectivity index (χ1n) is 4.92. The van der Waals surface area contributed by atoms with E-state index >= 15 is 0 Å². The molecule has 2 rings (SSSR count). The van der Waals surface area contributed by atoms with Gasteiger partial charge in [0.15, 0.2) is 0 Å². The number of hydrogen-bond donors (Lipinski definition) is 1. The lowest BCUT2D eigenvalue weighted by molar-refractivity contribution is -0.130. The molecule has 0 aromatic carbocycles. The fourth-order valence-electron chi connectivity index (χ4n) is 2.82. The van der Waals surface area contributed by atoms with Gasteiger partial charge in [-0.2, -0.15) is 5.26 Å². The van der Waals surface area contributed by atoms with E-state index < -0.39 is 0 Å². The van der Waals surface area contributed by atoms with Gasteiger partial charge in [0.1, 0.15) is 6.54 Å². The van der Waals surface area contributed by atoms with Crippen molar-refractivity contribution in [3.63, 3.8) is 0 Å². The van der Waals surface area contributed by atoms with E-state index in [0.717, 1.165) is 25.2 Å². The highest BCUT2D eigenvalue weighted by Gasteiger charge is 2.49. The summed E-state index contributed by atoms with van der Waals surface area (Å²) < 4.78 is 0. The van der Waals surface area contributed by atoms with E-state index in [1.165, 1.54) is 12.8 Å². The molecule has 2 aliphatic carbocycles. The molecule has 1 N–H and O–H groups in total. The van der Waals surface area contributed by atoms with Gasteiger partial charge < -0.3 is 5.32 Å². The van der Waals surface area contributed by atoms with Crippen LogP contribution in [0.3, 0.4) is 0 Å². The van der Waals surface area contributed by atoms with Gasteiger partial charge in [-0.1, -0.05) is 0 Å². The Labute approximate surface area is 78.1 Å². The van der Waals surface area contributed by atoms with E-state index in [2.05, 4.69) is 5.32 Å². The highest BCUT2D eigenvalue weighted by atomic mass is 16.2. The Hall–Kier alpha value is -1.04. The molecule has 1 amide bonds. The second-order valence-corrected chi connectivity index (χ2v) is 4.27. The minimum absolute atomic E-state index is 0.0818. The highest BCUT2D eigenvalue weighted by Crippen LogP contribution is 2.54. The van der Waals surface area contributed by atoms with Crippen molar-refractivity contribution in [1.29, 1.82) is 5.26 Å². The summed E-state index contributed by atoms with van der Waals surface area (Å²) in [7, 11) is 0. The van der Waals surface area contributed by atoms with Gasteiger partial charge in [-0.05, 0) is 38.0 Å². The van der Waals surface area contributed by atoms with Crippen LogP contribution in [-0.4, -0.2) is 12.5 Å². The number of amides is 1. The van der Waals surface area contributed by atoms with Crippen LogP contribution in [0.2, 0.25) is 0 Å². The molecule has 0 aromatic rings. The Morgan fingerprint density at radius 2 is 2.23 bits per heavy atom. The zero-order chi connectivity index (χ0) is 9.31. The lowest BCUT2D eigenvalue weighted by Gasteiger charge is -2.24. The van der Waals surface area contributed by atoms with Crippen molar-refractivity contribution in [3.05, 3.63) is 0 Å². The number of fused-ring (bicyclic) bond motifs is 2. The molecule has 2 bridgehead atoms. The summed E-state index contributed by atoms with van der Waals surface area (Å²) in [6.07, 6.45) is 5.55. The predicted octanol–water partition coefficient (Wildman–Crippen LogP) is 1.21. The molecule has 0 saturated heterocycles. The summed E-state index contributed by atoms with van der Waals surface area (Å²) in [5.74, 6) is 0.905. The Morgan fingerprint density at radius 1 is 1.54 bits per heavy atom. The van der Waals surface area contributed by atoms with Crippen LogP contribution in [0.1, 0.15) is 32.1 Å². The van der Waals surface area contributed by atoms with E-state index in [4.69, 9.17) is 5.26 Å². The second-order valence-electron chi connectivity index (χ2n) is 4.27. The summed E-state index contributed by atoms with van der Waals surface area (Å²) in [5, 5.41) is 11.1. The summed E-state index contributed by atoms with van der Waals surface area (Å²) >= 11 is 0. The number of hydrogen-bond acceptors (Lipinski definition) is 2. The molecular formula is C10H14N2O. The Kier molecular flexibility index (Phi) is 1.99. The fraction of sp³-hybridized carbons (Fsp3) is 0.800. The first-order valence-corrected chi connectivity index (χ1v) is 4.92. The van der Waals surface area contributed by atoms with Crippen LogP contribution < -0.4 is 5.32 Å². The first-order chi connectivity index (χ1) is 6.27. The van der Waals surface area contributed by atoms with Crippen molar-refractivity contribution >= 4 is 5.91 Å². The van der Waals surface area contributed by atoms with E-state index in [0.29, 0.717) is 0 Å². The van der Waals surface area contributed by atoms with Crippen molar-refractivity contribution in [2.75, 3.05) is 6.54 Å². The van der Waals surface area contributed by atoms with Crippen LogP contribution in [0.15, 0.2) is 0 Å². The van der Waals surface area contributed by atoms with Crippen molar-refractivity contribution in [1.82, 2.24) is 5.32 Å². The third kappa shape index (κ3) is 1.31. The molecule has 0 aliphatic heterocycles. The van der Waals surface area contributed by atoms with Crippen molar-refractivity contribution in [2.24, 2.45) is 11.3 Å². The molecule has 13 heavy (non-hydrogen) atoms. The smallest absolute Gasteiger partial charge is 0.227 e. The van der Waals surface area contributed by atoms with Gasteiger partial charge in [0.05, 0.1) is 6.07 Å². The quantitative estimate of drug-likeness (QED) is 0.646. The Morgan fingerprint density at radius 3 is 2.69 bits per heavy atom. The normalized spacial score (nSPS) is 35.8. The number of nitriles is 1. The number of carbonyl (C=O) groups excluding carboxylic acids is 1. The third-order valence-electron chi connectivity index (χ3n) is 3.55. The lowest BCUT2D eigenvalue weighted by Crippen LogP contribution is -2.38. The number of rotatable bonds is 2. The standard InChI is InChI=1S/C10H14N2O/c11-5-6-12-9(13)10-3-1-8(7-10)2-4-10/h8H,1-4,6-7H2,(H,12,13). The van der Waals surface area contributed by atoms with Gasteiger partial charge in [0.25, 0.3) is 0 Å². The summed E-state index contributed by atoms with van der Waals surface area (Å²) in [6.45, 7) is 0.158. The molecule has 0 spiro atoms. The topological polar surface area (TPSA) is 52.9 Å². The molecule has 70 valence electrons. The fourth-order valence-corrected chi connectivity index (χ4v) is 2.82. The monoisotopic (exact) mass is 178 g/mol. The third-order valence-corrected chi connectivity index (χ3v) is 3.55. The maximum atomic E-state index is 11.7. The largest absolute Gasteiger partial charge is 0.343 e. The van der Waals surface area contributed by atoms with Crippen LogP contribution in [0, 0.1) is 22.7 Å². The maximum absolute atomic E-state index is 11.7. The van der Waals surface area contributed by atoms with Crippen LogP contribution in [-0.2, 0) is 4.79 Å². The van der Waals surface area contributed by atoms with Gasteiger partial charge in [0.2, 0.25) is 5.91 Å². The second kappa shape index (κ2) is 3.02. The zero-order valence-electron chi connectivity index (χ0n) is 7.68. The molecule has 0 atom stereocenters. The minimum atomic E-state index is -0.0818. The molecule has 3 heteroatoms. The molecule has 0 aromatic heterocycles. The average Bonchev–Trinajstić information content (AvgIpc) is 2.74. The molecule has 0 heterocycles. The van der Waals surface area contributed by atoms with Gasteiger partial charge in [-0.15, -0.1) is 0 Å². The average molecular weight is 178 g/mol. The van der Waals surface area contributed by atoms with Crippen LogP contribution in [0.25, 0.3) is 0 Å². The number of carbonyl (C=O) groups is 1.